The van der Waals surface area contributed by atoms with Crippen molar-refractivity contribution >= 4 is 34.8 Å². The van der Waals surface area contributed by atoms with Crippen molar-refractivity contribution < 1.29 is 24.0 Å². The molecule has 1 N–H and O–H groups in total. The number of halogens is 1. The van der Waals surface area contributed by atoms with Gasteiger partial charge in [0.1, 0.15) is 5.56 Å². The van der Waals surface area contributed by atoms with Crippen molar-refractivity contribution in [1.82, 2.24) is 4.90 Å². The van der Waals surface area contributed by atoms with Gasteiger partial charge in [-0.1, -0.05) is 11.6 Å². The molecule has 0 radical (unpaired) electrons. The summed E-state index contributed by atoms with van der Waals surface area (Å²) in [6.45, 7) is 0. The van der Waals surface area contributed by atoms with Crippen LogP contribution in [0.25, 0.3) is 0 Å². The largest absolute Gasteiger partial charge is 0.493 e. The minimum atomic E-state index is -0.775. The Labute approximate surface area is 165 Å². The van der Waals surface area contributed by atoms with Crippen LogP contribution in [0.2, 0.25) is 5.02 Å². The Morgan fingerprint density at radius 1 is 1.07 bits per heavy atom. The van der Waals surface area contributed by atoms with E-state index in [1.807, 2.05) is 0 Å². The van der Waals surface area contributed by atoms with E-state index in [2.05, 4.69) is 5.32 Å². The van der Waals surface area contributed by atoms with Crippen LogP contribution < -0.4 is 14.8 Å². The minimum Gasteiger partial charge on any atom is -0.493 e. The van der Waals surface area contributed by atoms with Gasteiger partial charge in [-0.05, 0) is 18.2 Å². The molecule has 0 heterocycles. The van der Waals surface area contributed by atoms with E-state index in [4.69, 9.17) is 21.1 Å². The highest BCUT2D eigenvalue weighted by Gasteiger charge is 2.24. The lowest BCUT2D eigenvalue weighted by Crippen LogP contribution is -2.24. The molecule has 2 amide bonds. The van der Waals surface area contributed by atoms with Gasteiger partial charge < -0.3 is 19.7 Å². The molecule has 148 valence electrons. The number of benzene rings is 2. The van der Waals surface area contributed by atoms with Crippen molar-refractivity contribution in [1.29, 1.82) is 0 Å². The van der Waals surface area contributed by atoms with E-state index in [1.54, 1.807) is 14.1 Å². The molecule has 9 nitrogen and oxygen atoms in total. The molecule has 28 heavy (non-hydrogen) atoms. The van der Waals surface area contributed by atoms with Crippen LogP contribution in [-0.2, 0) is 0 Å². The standard InChI is InChI=1S/C18H18ClN3O6/c1-21(2)18(24)12-8-15(27-3)16(28-4)9-13(12)20-17(23)11-6-5-10(19)7-14(11)22(25)26/h5-9H,1-4H3,(H,20,23). The maximum Gasteiger partial charge on any atom is 0.283 e. The topological polar surface area (TPSA) is 111 Å². The first-order valence-electron chi connectivity index (χ1n) is 7.92. The van der Waals surface area contributed by atoms with E-state index in [-0.39, 0.29) is 27.6 Å². The van der Waals surface area contributed by atoms with Gasteiger partial charge in [0.15, 0.2) is 11.5 Å². The summed E-state index contributed by atoms with van der Waals surface area (Å²) in [7, 11) is 5.92. The Kier molecular flexibility index (Phi) is 6.42. The Hall–Kier alpha value is -3.33. The average molecular weight is 408 g/mol. The molecule has 0 fully saturated rings. The summed E-state index contributed by atoms with van der Waals surface area (Å²) in [5, 5.41) is 13.9. The van der Waals surface area contributed by atoms with Gasteiger partial charge >= 0.3 is 0 Å². The third-order valence-corrected chi connectivity index (χ3v) is 4.04. The molecular weight excluding hydrogens is 390 g/mol. The molecule has 2 aromatic carbocycles. The zero-order valence-corrected chi connectivity index (χ0v) is 16.4. The maximum absolute atomic E-state index is 12.7. The van der Waals surface area contributed by atoms with Gasteiger partial charge in [-0.3, -0.25) is 19.7 Å². The fourth-order valence-corrected chi connectivity index (χ4v) is 2.60. The monoisotopic (exact) mass is 407 g/mol. The van der Waals surface area contributed by atoms with Crippen molar-refractivity contribution in [3.05, 3.63) is 56.6 Å². The van der Waals surface area contributed by atoms with E-state index in [0.717, 1.165) is 6.07 Å². The van der Waals surface area contributed by atoms with E-state index < -0.39 is 22.4 Å². The second-order valence-electron chi connectivity index (χ2n) is 5.83. The fraction of sp³-hybridized carbons (Fsp3) is 0.222. The third kappa shape index (κ3) is 4.32. The van der Waals surface area contributed by atoms with Gasteiger partial charge in [0, 0.05) is 31.3 Å². The molecule has 0 unspecified atom stereocenters. The van der Waals surface area contributed by atoms with Crippen LogP contribution in [0.3, 0.4) is 0 Å². The van der Waals surface area contributed by atoms with Gasteiger partial charge in [-0.15, -0.1) is 0 Å². The number of nitro groups is 1. The second-order valence-corrected chi connectivity index (χ2v) is 6.26. The molecule has 0 aliphatic carbocycles. The molecule has 0 aromatic heterocycles. The highest BCUT2D eigenvalue weighted by molar-refractivity contribution is 6.31. The molecule has 0 bridgehead atoms. The van der Waals surface area contributed by atoms with Gasteiger partial charge in [0.25, 0.3) is 17.5 Å². The molecule has 0 saturated heterocycles. The Morgan fingerprint density at radius 2 is 1.68 bits per heavy atom. The molecule has 10 heteroatoms. The number of amides is 2. The fourth-order valence-electron chi connectivity index (χ4n) is 2.44. The van der Waals surface area contributed by atoms with E-state index in [1.165, 1.54) is 43.4 Å². The minimum absolute atomic E-state index is 0.116. The number of rotatable bonds is 6. The summed E-state index contributed by atoms with van der Waals surface area (Å²) in [6, 6.07) is 6.52. The zero-order chi connectivity index (χ0) is 21.0. The van der Waals surface area contributed by atoms with Crippen molar-refractivity contribution in [2.75, 3.05) is 33.6 Å². The normalized spacial score (nSPS) is 10.2. The van der Waals surface area contributed by atoms with Gasteiger partial charge in [0.2, 0.25) is 0 Å². The Morgan fingerprint density at radius 3 is 2.21 bits per heavy atom. The highest BCUT2D eigenvalue weighted by atomic mass is 35.5. The van der Waals surface area contributed by atoms with E-state index in [9.17, 15) is 19.7 Å². The second kappa shape index (κ2) is 8.57. The first-order valence-corrected chi connectivity index (χ1v) is 8.30. The number of nitrogens with zero attached hydrogens (tertiary/aromatic N) is 2. The molecule has 0 aliphatic heterocycles. The van der Waals surface area contributed by atoms with Crippen LogP contribution in [0.4, 0.5) is 11.4 Å². The first-order chi connectivity index (χ1) is 13.2. The number of ether oxygens (including phenoxy) is 2. The van der Waals surface area contributed by atoms with Gasteiger partial charge in [0.05, 0.1) is 30.4 Å². The number of anilines is 1. The SMILES string of the molecule is COc1cc(NC(=O)c2ccc(Cl)cc2[N+](=O)[O-])c(C(=O)N(C)C)cc1OC. The molecule has 0 saturated carbocycles. The van der Waals surface area contributed by atoms with Crippen LogP contribution >= 0.6 is 11.6 Å². The highest BCUT2D eigenvalue weighted by Crippen LogP contribution is 2.34. The van der Waals surface area contributed by atoms with E-state index >= 15 is 0 Å². The predicted molar refractivity (Wildman–Crippen MR) is 104 cm³/mol. The van der Waals surface area contributed by atoms with E-state index in [0.29, 0.717) is 5.75 Å². The first kappa shape index (κ1) is 21.0. The number of nitrogens with one attached hydrogen (secondary N) is 1. The maximum atomic E-state index is 12.7. The summed E-state index contributed by atoms with van der Waals surface area (Å²) in [5.74, 6) is -0.605. The smallest absolute Gasteiger partial charge is 0.283 e. The molecular formula is C18H18ClN3O6. The molecule has 0 spiro atoms. The van der Waals surface area contributed by atoms with Crippen molar-refractivity contribution in [3.63, 3.8) is 0 Å². The summed E-state index contributed by atoms with van der Waals surface area (Å²) in [4.78, 5) is 37.1. The predicted octanol–water partition coefficient (Wildman–Crippen LogP) is 3.22. The van der Waals surface area contributed by atoms with Crippen LogP contribution in [0.15, 0.2) is 30.3 Å². The zero-order valence-electron chi connectivity index (χ0n) is 15.6. The van der Waals surface area contributed by atoms with Crippen molar-refractivity contribution in [2.45, 2.75) is 0 Å². The lowest BCUT2D eigenvalue weighted by Gasteiger charge is -2.18. The summed E-state index contributed by atoms with van der Waals surface area (Å²) >= 11 is 5.78. The Balaban J connectivity index is 2.54. The van der Waals surface area contributed by atoms with Crippen LogP contribution in [-0.4, -0.2) is 50.0 Å². The third-order valence-electron chi connectivity index (χ3n) is 3.81. The Bertz CT molecular complexity index is 945. The number of nitro benzene ring substituents is 1. The van der Waals surface area contributed by atoms with Crippen LogP contribution in [0, 0.1) is 10.1 Å². The summed E-state index contributed by atoms with van der Waals surface area (Å²) in [6.07, 6.45) is 0. The number of carbonyl (C=O) groups excluding carboxylic acids is 2. The average Bonchev–Trinajstić information content (AvgIpc) is 2.66. The molecule has 2 aromatic rings. The van der Waals surface area contributed by atoms with Gasteiger partial charge in [-0.2, -0.15) is 0 Å². The lowest BCUT2D eigenvalue weighted by atomic mass is 10.1. The van der Waals surface area contributed by atoms with Crippen LogP contribution in [0.1, 0.15) is 20.7 Å². The quantitative estimate of drug-likeness (QED) is 0.581. The number of carbonyl (C=O) groups is 2. The molecule has 2 rings (SSSR count). The summed E-state index contributed by atoms with van der Waals surface area (Å²) in [5.41, 5.74) is -0.406. The van der Waals surface area contributed by atoms with Gasteiger partial charge in [-0.25, -0.2) is 0 Å². The lowest BCUT2D eigenvalue weighted by molar-refractivity contribution is -0.385. The van der Waals surface area contributed by atoms with Crippen molar-refractivity contribution in [3.8, 4) is 11.5 Å². The van der Waals surface area contributed by atoms with Crippen LogP contribution in [0.5, 0.6) is 11.5 Å². The molecule has 0 aliphatic rings. The number of hydrogen-bond donors (Lipinski definition) is 1. The number of methoxy groups -OCH3 is 2. The molecule has 0 atom stereocenters. The number of hydrogen-bond acceptors (Lipinski definition) is 6. The van der Waals surface area contributed by atoms with Crippen molar-refractivity contribution in [2.24, 2.45) is 0 Å². The summed E-state index contributed by atoms with van der Waals surface area (Å²) < 4.78 is 10.4.